The number of fused-ring (bicyclic) bond motifs is 1. The van der Waals surface area contributed by atoms with Crippen molar-refractivity contribution in [1.82, 2.24) is 19.7 Å². The maximum Gasteiger partial charge on any atom is 0.195 e. The summed E-state index contributed by atoms with van der Waals surface area (Å²) >= 11 is 7.20. The van der Waals surface area contributed by atoms with Gasteiger partial charge in [0.2, 0.25) is 0 Å². The molecule has 19 heavy (non-hydrogen) atoms. The van der Waals surface area contributed by atoms with Crippen LogP contribution in [-0.4, -0.2) is 38.8 Å². The van der Waals surface area contributed by atoms with Crippen LogP contribution in [0, 0.1) is 4.77 Å². The molecule has 0 amide bonds. The zero-order valence-electron chi connectivity index (χ0n) is 10.6. The third kappa shape index (κ3) is 1.81. The average molecular weight is 292 g/mol. The van der Waals surface area contributed by atoms with Gasteiger partial charge in [-0.1, -0.05) is 6.07 Å². The van der Waals surface area contributed by atoms with Crippen LogP contribution in [0.4, 0.5) is 0 Å². The number of rotatable bonds is 2. The molecule has 2 aliphatic heterocycles. The van der Waals surface area contributed by atoms with E-state index >= 15 is 0 Å². The van der Waals surface area contributed by atoms with E-state index in [0.29, 0.717) is 12.1 Å². The van der Waals surface area contributed by atoms with E-state index in [0.717, 1.165) is 10.6 Å². The lowest BCUT2D eigenvalue weighted by Gasteiger charge is -2.22. The van der Waals surface area contributed by atoms with Crippen LogP contribution in [0.25, 0.3) is 10.7 Å². The van der Waals surface area contributed by atoms with Crippen LogP contribution in [0.15, 0.2) is 17.5 Å². The van der Waals surface area contributed by atoms with Gasteiger partial charge >= 0.3 is 0 Å². The van der Waals surface area contributed by atoms with Crippen LogP contribution in [0.2, 0.25) is 0 Å². The van der Waals surface area contributed by atoms with Crippen molar-refractivity contribution in [2.45, 2.75) is 31.3 Å². The van der Waals surface area contributed by atoms with Gasteiger partial charge in [-0.15, -0.1) is 11.3 Å². The molecule has 0 saturated carbocycles. The van der Waals surface area contributed by atoms with Gasteiger partial charge in [-0.25, -0.2) is 0 Å². The van der Waals surface area contributed by atoms with E-state index in [1.807, 2.05) is 0 Å². The molecule has 2 atom stereocenters. The van der Waals surface area contributed by atoms with E-state index in [2.05, 4.69) is 37.2 Å². The lowest BCUT2D eigenvalue weighted by molar-refractivity contribution is 0.290. The fourth-order valence-electron chi connectivity index (χ4n) is 3.55. The topological polar surface area (TPSA) is 36.9 Å². The van der Waals surface area contributed by atoms with Crippen molar-refractivity contribution in [2.75, 3.05) is 13.1 Å². The van der Waals surface area contributed by atoms with Crippen LogP contribution in [0.1, 0.15) is 25.3 Å². The Morgan fingerprint density at radius 3 is 3.11 bits per heavy atom. The molecule has 2 aromatic heterocycles. The molecule has 4 nitrogen and oxygen atoms in total. The van der Waals surface area contributed by atoms with Crippen LogP contribution in [0.3, 0.4) is 0 Å². The third-order valence-electron chi connectivity index (χ3n) is 4.35. The summed E-state index contributed by atoms with van der Waals surface area (Å²) in [7, 11) is 0. The molecule has 2 aromatic rings. The standard InChI is InChI=1S/C13H16N4S2/c18-13-15-14-12(11-4-2-8-19-11)17(13)10-5-7-16-6-1-3-9(10)16/h2,4,8-10H,1,3,5-7H2,(H,15,18). The van der Waals surface area contributed by atoms with Gasteiger partial charge in [-0.2, -0.15) is 5.10 Å². The van der Waals surface area contributed by atoms with E-state index in [-0.39, 0.29) is 0 Å². The molecule has 0 spiro atoms. The van der Waals surface area contributed by atoms with Crippen LogP contribution < -0.4 is 0 Å². The normalized spacial score (nSPS) is 26.9. The number of nitrogens with one attached hydrogen (secondary N) is 1. The summed E-state index contributed by atoms with van der Waals surface area (Å²) in [6.45, 7) is 2.45. The molecular formula is C13H16N4S2. The summed E-state index contributed by atoms with van der Waals surface area (Å²) in [5.74, 6) is 1.01. The second-order valence-electron chi connectivity index (χ2n) is 5.30. The number of hydrogen-bond donors (Lipinski definition) is 1. The van der Waals surface area contributed by atoms with Crippen LogP contribution in [0.5, 0.6) is 0 Å². The number of hydrogen-bond acceptors (Lipinski definition) is 4. The molecule has 6 heteroatoms. The van der Waals surface area contributed by atoms with E-state index in [1.165, 1.54) is 37.2 Å². The van der Waals surface area contributed by atoms with Crippen molar-refractivity contribution < 1.29 is 0 Å². The first-order chi connectivity index (χ1) is 9.34. The smallest absolute Gasteiger partial charge is 0.195 e. The molecule has 2 saturated heterocycles. The summed E-state index contributed by atoms with van der Waals surface area (Å²) < 4.78 is 3.03. The Balaban J connectivity index is 1.79. The lowest BCUT2D eigenvalue weighted by Crippen LogP contribution is -2.27. The predicted octanol–water partition coefficient (Wildman–Crippen LogP) is 3.08. The number of aromatic nitrogens is 3. The molecule has 0 radical (unpaired) electrons. The van der Waals surface area contributed by atoms with Crippen molar-refractivity contribution in [1.29, 1.82) is 0 Å². The fraction of sp³-hybridized carbons (Fsp3) is 0.538. The Morgan fingerprint density at radius 1 is 1.32 bits per heavy atom. The maximum absolute atomic E-state index is 5.47. The Bertz CT molecular complexity index is 627. The number of H-pyrrole nitrogens is 1. The highest BCUT2D eigenvalue weighted by molar-refractivity contribution is 7.71. The third-order valence-corrected chi connectivity index (χ3v) is 5.50. The molecule has 100 valence electrons. The average Bonchev–Trinajstić information content (AvgIpc) is 3.11. The highest BCUT2D eigenvalue weighted by Gasteiger charge is 2.39. The Hall–Kier alpha value is -0.980. The van der Waals surface area contributed by atoms with Crippen LogP contribution in [-0.2, 0) is 0 Å². The van der Waals surface area contributed by atoms with Gasteiger partial charge in [0.15, 0.2) is 10.6 Å². The van der Waals surface area contributed by atoms with Crippen LogP contribution >= 0.6 is 23.6 Å². The summed E-state index contributed by atoms with van der Waals surface area (Å²) in [4.78, 5) is 3.81. The van der Waals surface area contributed by atoms with Crippen molar-refractivity contribution >= 4 is 23.6 Å². The SMILES string of the molecule is S=c1[nH]nc(-c2cccs2)n1C1CCN2CCCC12. The van der Waals surface area contributed by atoms with Gasteiger partial charge in [0.05, 0.1) is 10.9 Å². The Kier molecular flexibility index (Phi) is 2.82. The second kappa shape index (κ2) is 4.54. The highest BCUT2D eigenvalue weighted by Crippen LogP contribution is 2.38. The molecule has 0 aliphatic carbocycles. The molecular weight excluding hydrogens is 276 g/mol. The number of thiophene rings is 1. The van der Waals surface area contributed by atoms with E-state index in [9.17, 15) is 0 Å². The van der Waals surface area contributed by atoms with Gasteiger partial charge < -0.3 is 0 Å². The second-order valence-corrected chi connectivity index (χ2v) is 6.64. The van der Waals surface area contributed by atoms with Crippen molar-refractivity contribution in [3.05, 3.63) is 22.3 Å². The summed E-state index contributed by atoms with van der Waals surface area (Å²) in [5.41, 5.74) is 0. The van der Waals surface area contributed by atoms with Crippen molar-refractivity contribution in [3.8, 4) is 10.7 Å². The Labute approximate surface area is 121 Å². The van der Waals surface area contributed by atoms with Gasteiger partial charge in [-0.3, -0.25) is 14.6 Å². The quantitative estimate of drug-likeness (QED) is 0.864. The van der Waals surface area contributed by atoms with Gasteiger partial charge in [0.1, 0.15) is 0 Å². The Morgan fingerprint density at radius 2 is 2.26 bits per heavy atom. The van der Waals surface area contributed by atoms with E-state index < -0.39 is 0 Å². The predicted molar refractivity (Wildman–Crippen MR) is 79.0 cm³/mol. The highest BCUT2D eigenvalue weighted by atomic mass is 32.1. The zero-order chi connectivity index (χ0) is 12.8. The monoisotopic (exact) mass is 292 g/mol. The summed E-state index contributed by atoms with van der Waals surface area (Å²) in [6.07, 6.45) is 3.80. The number of nitrogens with zero attached hydrogens (tertiary/aromatic N) is 3. The molecule has 2 unspecified atom stereocenters. The molecule has 0 bridgehead atoms. The molecule has 2 aliphatic rings. The van der Waals surface area contributed by atoms with E-state index in [1.54, 1.807) is 11.3 Å². The first-order valence-corrected chi connectivity index (χ1v) is 8.08. The minimum absolute atomic E-state index is 0.492. The van der Waals surface area contributed by atoms with Gasteiger partial charge in [0.25, 0.3) is 0 Å². The molecule has 4 heterocycles. The minimum atomic E-state index is 0.492. The van der Waals surface area contributed by atoms with Crippen molar-refractivity contribution in [3.63, 3.8) is 0 Å². The molecule has 0 aromatic carbocycles. The van der Waals surface area contributed by atoms with Gasteiger partial charge in [0, 0.05) is 12.6 Å². The first kappa shape index (κ1) is 11.8. The largest absolute Gasteiger partial charge is 0.298 e. The summed E-state index contributed by atoms with van der Waals surface area (Å²) in [6, 6.07) is 5.33. The molecule has 2 fully saturated rings. The van der Waals surface area contributed by atoms with Crippen molar-refractivity contribution in [2.24, 2.45) is 0 Å². The van der Waals surface area contributed by atoms with E-state index in [4.69, 9.17) is 12.2 Å². The summed E-state index contributed by atoms with van der Waals surface area (Å²) in [5, 5.41) is 9.53. The zero-order valence-corrected chi connectivity index (χ0v) is 12.2. The first-order valence-electron chi connectivity index (χ1n) is 6.79. The fourth-order valence-corrected chi connectivity index (χ4v) is 4.53. The lowest BCUT2D eigenvalue weighted by atomic mass is 10.1. The maximum atomic E-state index is 5.47. The number of aromatic amines is 1. The van der Waals surface area contributed by atoms with Gasteiger partial charge in [-0.05, 0) is 49.5 Å². The molecule has 4 rings (SSSR count). The minimum Gasteiger partial charge on any atom is -0.298 e. The molecule has 1 N–H and O–H groups in total.